The standard InChI is InChI=1S/C15H14N2O4/c1-9-3-5-12(7-10(9)2)16-15(19)11-4-6-13(17(20)21)14(18)8-11/h3-8,18H,1-2H3,(H,16,19). The third-order valence-corrected chi connectivity index (χ3v) is 3.20. The highest BCUT2D eigenvalue weighted by Crippen LogP contribution is 2.26. The van der Waals surface area contributed by atoms with Gasteiger partial charge in [-0.15, -0.1) is 0 Å². The quantitative estimate of drug-likeness (QED) is 0.669. The van der Waals surface area contributed by atoms with Gasteiger partial charge in [0.1, 0.15) is 0 Å². The lowest BCUT2D eigenvalue weighted by molar-refractivity contribution is -0.385. The Labute approximate surface area is 121 Å². The van der Waals surface area contributed by atoms with Crippen LogP contribution in [0.1, 0.15) is 21.5 Å². The molecule has 0 fully saturated rings. The minimum Gasteiger partial charge on any atom is -0.502 e. The van der Waals surface area contributed by atoms with Gasteiger partial charge in [0.25, 0.3) is 5.91 Å². The molecule has 0 spiro atoms. The maximum atomic E-state index is 12.1. The van der Waals surface area contributed by atoms with E-state index in [1.807, 2.05) is 26.0 Å². The Balaban J connectivity index is 2.22. The van der Waals surface area contributed by atoms with E-state index < -0.39 is 22.3 Å². The highest BCUT2D eigenvalue weighted by molar-refractivity contribution is 6.04. The van der Waals surface area contributed by atoms with Crippen molar-refractivity contribution < 1.29 is 14.8 Å². The van der Waals surface area contributed by atoms with Gasteiger partial charge in [0.05, 0.1) is 4.92 Å². The van der Waals surface area contributed by atoms with Crippen LogP contribution in [0.3, 0.4) is 0 Å². The van der Waals surface area contributed by atoms with Gasteiger partial charge in [0.15, 0.2) is 5.75 Å². The van der Waals surface area contributed by atoms with Gasteiger partial charge >= 0.3 is 5.69 Å². The molecule has 21 heavy (non-hydrogen) atoms. The van der Waals surface area contributed by atoms with E-state index in [-0.39, 0.29) is 5.56 Å². The summed E-state index contributed by atoms with van der Waals surface area (Å²) in [7, 11) is 0. The topological polar surface area (TPSA) is 92.5 Å². The van der Waals surface area contributed by atoms with E-state index >= 15 is 0 Å². The maximum Gasteiger partial charge on any atom is 0.310 e. The number of phenolic OH excluding ortho intramolecular Hbond substituents is 1. The summed E-state index contributed by atoms with van der Waals surface area (Å²) in [5.74, 6) is -0.976. The average molecular weight is 286 g/mol. The second kappa shape index (κ2) is 5.62. The van der Waals surface area contributed by atoms with Crippen molar-refractivity contribution in [3.63, 3.8) is 0 Å². The predicted octanol–water partition coefficient (Wildman–Crippen LogP) is 3.17. The Bertz CT molecular complexity index is 726. The van der Waals surface area contributed by atoms with Gasteiger partial charge in [0.2, 0.25) is 0 Å². The van der Waals surface area contributed by atoms with E-state index in [2.05, 4.69) is 5.32 Å². The first kappa shape index (κ1) is 14.5. The van der Waals surface area contributed by atoms with Crippen molar-refractivity contribution in [3.8, 4) is 5.75 Å². The second-order valence-corrected chi connectivity index (χ2v) is 4.71. The SMILES string of the molecule is Cc1ccc(NC(=O)c2ccc([N+](=O)[O-])c(O)c2)cc1C. The zero-order chi connectivity index (χ0) is 15.6. The number of nitrogens with zero attached hydrogens (tertiary/aromatic N) is 1. The van der Waals surface area contributed by atoms with Crippen molar-refractivity contribution in [3.05, 3.63) is 63.2 Å². The van der Waals surface area contributed by atoms with Crippen LogP contribution in [0, 0.1) is 24.0 Å². The fourth-order valence-corrected chi connectivity index (χ4v) is 1.84. The normalized spacial score (nSPS) is 10.2. The number of aryl methyl sites for hydroxylation is 2. The molecule has 1 amide bonds. The number of amides is 1. The lowest BCUT2D eigenvalue weighted by atomic mass is 10.1. The molecule has 108 valence electrons. The van der Waals surface area contributed by atoms with Crippen LogP contribution in [0.2, 0.25) is 0 Å². The van der Waals surface area contributed by atoms with Gasteiger partial charge in [0, 0.05) is 17.3 Å². The van der Waals surface area contributed by atoms with Crippen LogP contribution < -0.4 is 5.32 Å². The highest BCUT2D eigenvalue weighted by atomic mass is 16.6. The number of carbonyl (C=O) groups excluding carboxylic acids is 1. The molecule has 2 aromatic rings. The summed E-state index contributed by atoms with van der Waals surface area (Å²) in [5.41, 5.74) is 2.50. The minimum absolute atomic E-state index is 0.149. The summed E-state index contributed by atoms with van der Waals surface area (Å²) < 4.78 is 0. The molecule has 0 aromatic heterocycles. The molecule has 2 aromatic carbocycles. The van der Waals surface area contributed by atoms with Gasteiger partial charge in [-0.05, 0) is 49.2 Å². The van der Waals surface area contributed by atoms with Crippen molar-refractivity contribution >= 4 is 17.3 Å². The molecule has 0 aliphatic carbocycles. The third kappa shape index (κ3) is 3.17. The number of nitro groups is 1. The second-order valence-electron chi connectivity index (χ2n) is 4.71. The molecule has 0 saturated carbocycles. The van der Waals surface area contributed by atoms with Gasteiger partial charge < -0.3 is 10.4 Å². The molecular weight excluding hydrogens is 272 g/mol. The molecular formula is C15H14N2O4. The van der Waals surface area contributed by atoms with Crippen LogP contribution in [0.25, 0.3) is 0 Å². The number of nitrogens with one attached hydrogen (secondary N) is 1. The van der Waals surface area contributed by atoms with E-state index in [1.165, 1.54) is 6.07 Å². The van der Waals surface area contributed by atoms with Crippen molar-refractivity contribution in [2.24, 2.45) is 0 Å². The largest absolute Gasteiger partial charge is 0.502 e. The molecule has 0 heterocycles. The Hall–Kier alpha value is -2.89. The number of benzene rings is 2. The molecule has 2 rings (SSSR count). The number of carbonyl (C=O) groups is 1. The fourth-order valence-electron chi connectivity index (χ4n) is 1.84. The monoisotopic (exact) mass is 286 g/mol. The molecule has 0 saturated heterocycles. The van der Waals surface area contributed by atoms with E-state index in [0.717, 1.165) is 23.3 Å². The number of hydrogen-bond donors (Lipinski definition) is 2. The maximum absolute atomic E-state index is 12.1. The van der Waals surface area contributed by atoms with E-state index in [4.69, 9.17) is 0 Å². The van der Waals surface area contributed by atoms with Gasteiger partial charge in [-0.1, -0.05) is 6.07 Å². The van der Waals surface area contributed by atoms with Crippen molar-refractivity contribution in [1.82, 2.24) is 0 Å². The van der Waals surface area contributed by atoms with Gasteiger partial charge in [-0.2, -0.15) is 0 Å². The smallest absolute Gasteiger partial charge is 0.310 e. The van der Waals surface area contributed by atoms with E-state index in [0.29, 0.717) is 5.69 Å². The molecule has 2 N–H and O–H groups in total. The van der Waals surface area contributed by atoms with E-state index in [1.54, 1.807) is 6.07 Å². The van der Waals surface area contributed by atoms with Crippen LogP contribution in [0.4, 0.5) is 11.4 Å². The zero-order valence-corrected chi connectivity index (χ0v) is 11.6. The summed E-state index contributed by atoms with van der Waals surface area (Å²) in [6, 6.07) is 8.97. The first-order chi connectivity index (χ1) is 9.88. The van der Waals surface area contributed by atoms with Crippen molar-refractivity contribution in [1.29, 1.82) is 0 Å². The first-order valence-corrected chi connectivity index (χ1v) is 6.24. The van der Waals surface area contributed by atoms with Crippen LogP contribution >= 0.6 is 0 Å². The Morgan fingerprint density at radius 3 is 2.43 bits per heavy atom. The summed E-state index contributed by atoms with van der Waals surface area (Å²) in [6.07, 6.45) is 0. The number of phenols is 1. The van der Waals surface area contributed by atoms with Crippen LogP contribution in [-0.2, 0) is 0 Å². The first-order valence-electron chi connectivity index (χ1n) is 6.24. The molecule has 6 nitrogen and oxygen atoms in total. The van der Waals surface area contributed by atoms with Gasteiger partial charge in [-0.25, -0.2) is 0 Å². The van der Waals surface area contributed by atoms with E-state index in [9.17, 15) is 20.0 Å². The average Bonchev–Trinajstić information content (AvgIpc) is 2.42. The molecule has 0 bridgehead atoms. The summed E-state index contributed by atoms with van der Waals surface area (Å²) in [4.78, 5) is 22.0. The van der Waals surface area contributed by atoms with Gasteiger partial charge in [-0.3, -0.25) is 14.9 Å². The molecule has 0 aliphatic heterocycles. The van der Waals surface area contributed by atoms with Crippen LogP contribution in [0.5, 0.6) is 5.75 Å². The lowest BCUT2D eigenvalue weighted by Gasteiger charge is -2.08. The zero-order valence-electron chi connectivity index (χ0n) is 11.6. The number of anilines is 1. The van der Waals surface area contributed by atoms with Crippen LogP contribution in [-0.4, -0.2) is 15.9 Å². The molecule has 0 aliphatic rings. The molecule has 6 heteroatoms. The summed E-state index contributed by atoms with van der Waals surface area (Å²) >= 11 is 0. The number of aromatic hydroxyl groups is 1. The Morgan fingerprint density at radius 2 is 1.86 bits per heavy atom. The molecule has 0 radical (unpaired) electrons. The predicted molar refractivity (Wildman–Crippen MR) is 78.6 cm³/mol. The Morgan fingerprint density at radius 1 is 1.14 bits per heavy atom. The molecule has 0 atom stereocenters. The lowest BCUT2D eigenvalue weighted by Crippen LogP contribution is -2.12. The number of nitro benzene ring substituents is 1. The third-order valence-electron chi connectivity index (χ3n) is 3.20. The molecule has 0 unspecified atom stereocenters. The minimum atomic E-state index is -0.708. The summed E-state index contributed by atoms with van der Waals surface area (Å²) in [6.45, 7) is 3.90. The Kier molecular flexibility index (Phi) is 3.89. The number of rotatable bonds is 3. The number of hydrogen-bond acceptors (Lipinski definition) is 4. The van der Waals surface area contributed by atoms with Crippen LogP contribution in [0.15, 0.2) is 36.4 Å². The highest BCUT2D eigenvalue weighted by Gasteiger charge is 2.16. The van der Waals surface area contributed by atoms with Crippen molar-refractivity contribution in [2.45, 2.75) is 13.8 Å². The van der Waals surface area contributed by atoms with Crippen molar-refractivity contribution in [2.75, 3.05) is 5.32 Å². The summed E-state index contributed by atoms with van der Waals surface area (Å²) in [5, 5.41) is 22.8. The fraction of sp³-hybridized carbons (Fsp3) is 0.133.